The topological polar surface area (TPSA) is 3.24 Å². The van der Waals surface area contributed by atoms with Gasteiger partial charge in [-0.2, -0.15) is 11.8 Å². The number of likely N-dealkylation sites (tertiary alicyclic amines) is 1. The summed E-state index contributed by atoms with van der Waals surface area (Å²) >= 11 is 2.16. The van der Waals surface area contributed by atoms with Gasteiger partial charge >= 0.3 is 0 Å². The Hall–Kier alpha value is 0.310. The van der Waals surface area contributed by atoms with Gasteiger partial charge in [-0.1, -0.05) is 0 Å². The highest BCUT2D eigenvalue weighted by Gasteiger charge is 2.38. The van der Waals surface area contributed by atoms with Gasteiger partial charge in [-0.25, -0.2) is 0 Å². The summed E-state index contributed by atoms with van der Waals surface area (Å²) in [7, 11) is 0. The number of thioether (sulfide) groups is 1. The van der Waals surface area contributed by atoms with Crippen molar-refractivity contribution in [1.29, 1.82) is 0 Å². The first-order valence-electron chi connectivity index (χ1n) is 5.93. The lowest BCUT2D eigenvalue weighted by Crippen LogP contribution is -2.56. The lowest BCUT2D eigenvalue weighted by atomic mass is 9.84. The zero-order valence-electron chi connectivity index (χ0n) is 9.75. The summed E-state index contributed by atoms with van der Waals surface area (Å²) in [4.78, 5) is 2.76. The number of nitrogens with zero attached hydrogens (tertiary/aromatic N) is 1. The molecule has 0 aliphatic carbocycles. The predicted molar refractivity (Wildman–Crippen MR) is 64.9 cm³/mol. The maximum Gasteiger partial charge on any atom is 0.0220 e. The van der Waals surface area contributed by atoms with Crippen LogP contribution in [0.2, 0.25) is 0 Å². The largest absolute Gasteiger partial charge is 0.294 e. The molecule has 82 valence electrons. The molecule has 0 N–H and O–H groups in total. The van der Waals surface area contributed by atoms with Gasteiger partial charge in [-0.15, -0.1) is 0 Å². The Bertz CT molecular complexity index is 195. The molecule has 2 heterocycles. The maximum absolute atomic E-state index is 2.76. The average molecular weight is 213 g/mol. The molecule has 0 bridgehead atoms. The van der Waals surface area contributed by atoms with Crippen molar-refractivity contribution in [3.05, 3.63) is 0 Å². The van der Waals surface area contributed by atoms with E-state index in [1.165, 1.54) is 37.3 Å². The van der Waals surface area contributed by atoms with Gasteiger partial charge in [0.25, 0.3) is 0 Å². The molecule has 0 spiro atoms. The Kier molecular flexibility index (Phi) is 3.13. The molecule has 2 saturated heterocycles. The highest BCUT2D eigenvalue weighted by atomic mass is 32.2. The second kappa shape index (κ2) is 4.05. The number of hydrogen-bond acceptors (Lipinski definition) is 2. The van der Waals surface area contributed by atoms with E-state index >= 15 is 0 Å². The fraction of sp³-hybridized carbons (Fsp3) is 1.00. The predicted octanol–water partition coefficient (Wildman–Crippen LogP) is 3.00. The first-order chi connectivity index (χ1) is 6.59. The number of fused-ring (bicyclic) bond motifs is 1. The minimum atomic E-state index is 0.376. The van der Waals surface area contributed by atoms with Crippen molar-refractivity contribution >= 4 is 11.8 Å². The second-order valence-electron chi connectivity index (χ2n) is 5.70. The third kappa shape index (κ3) is 2.11. The monoisotopic (exact) mass is 213 g/mol. The van der Waals surface area contributed by atoms with Crippen LogP contribution in [0.5, 0.6) is 0 Å². The van der Waals surface area contributed by atoms with Crippen molar-refractivity contribution in [1.82, 2.24) is 4.90 Å². The highest BCUT2D eigenvalue weighted by Crippen LogP contribution is 2.37. The Labute approximate surface area is 92.6 Å². The molecule has 0 aromatic heterocycles. The van der Waals surface area contributed by atoms with Crippen LogP contribution in [-0.2, 0) is 0 Å². The molecule has 0 aromatic carbocycles. The molecule has 2 atom stereocenters. The van der Waals surface area contributed by atoms with E-state index in [1.807, 2.05) is 0 Å². The van der Waals surface area contributed by atoms with Gasteiger partial charge in [0.05, 0.1) is 0 Å². The van der Waals surface area contributed by atoms with E-state index in [2.05, 4.69) is 37.4 Å². The van der Waals surface area contributed by atoms with Gasteiger partial charge in [0.2, 0.25) is 0 Å². The molecule has 2 unspecified atom stereocenters. The van der Waals surface area contributed by atoms with Crippen molar-refractivity contribution in [3.8, 4) is 0 Å². The molecular formula is C12H23NS. The summed E-state index contributed by atoms with van der Waals surface area (Å²) in [5.74, 6) is 3.78. The van der Waals surface area contributed by atoms with E-state index in [9.17, 15) is 0 Å². The molecule has 2 fully saturated rings. The highest BCUT2D eigenvalue weighted by molar-refractivity contribution is 7.99. The molecule has 1 nitrogen and oxygen atoms in total. The fourth-order valence-corrected chi connectivity index (χ4v) is 4.30. The second-order valence-corrected chi connectivity index (χ2v) is 6.85. The minimum Gasteiger partial charge on any atom is -0.294 e. The van der Waals surface area contributed by atoms with Gasteiger partial charge < -0.3 is 0 Å². The fourth-order valence-electron chi connectivity index (χ4n) is 2.97. The molecule has 14 heavy (non-hydrogen) atoms. The molecule has 2 rings (SSSR count). The number of hydrogen-bond donors (Lipinski definition) is 0. The lowest BCUT2D eigenvalue weighted by Gasteiger charge is -2.50. The zero-order valence-corrected chi connectivity index (χ0v) is 10.6. The summed E-state index contributed by atoms with van der Waals surface area (Å²) in [6.45, 7) is 8.43. The summed E-state index contributed by atoms with van der Waals surface area (Å²) in [5.41, 5.74) is 0.376. The van der Waals surface area contributed by atoms with Crippen LogP contribution in [0.1, 0.15) is 40.0 Å². The average Bonchev–Trinajstić information content (AvgIpc) is 2.15. The van der Waals surface area contributed by atoms with Crippen LogP contribution in [0.15, 0.2) is 0 Å². The van der Waals surface area contributed by atoms with Gasteiger partial charge in [-0.3, -0.25) is 4.90 Å². The minimum absolute atomic E-state index is 0.376. The molecule has 0 saturated carbocycles. The van der Waals surface area contributed by atoms with E-state index in [4.69, 9.17) is 0 Å². The summed E-state index contributed by atoms with van der Waals surface area (Å²) in [6, 6.07) is 0.877. The molecule has 2 heteroatoms. The van der Waals surface area contributed by atoms with Crippen LogP contribution in [-0.4, -0.2) is 34.5 Å². The quantitative estimate of drug-likeness (QED) is 0.608. The van der Waals surface area contributed by atoms with Crippen LogP contribution < -0.4 is 0 Å². The van der Waals surface area contributed by atoms with Crippen molar-refractivity contribution < 1.29 is 0 Å². The van der Waals surface area contributed by atoms with Gasteiger partial charge in [-0.05, 0) is 58.2 Å². The molecular weight excluding hydrogens is 190 g/mol. The summed E-state index contributed by atoms with van der Waals surface area (Å²) in [5, 5.41) is 0. The molecule has 0 amide bonds. The molecule has 0 aromatic rings. The van der Waals surface area contributed by atoms with E-state index in [0.717, 1.165) is 12.0 Å². The van der Waals surface area contributed by atoms with Crippen LogP contribution in [0, 0.1) is 5.92 Å². The summed E-state index contributed by atoms with van der Waals surface area (Å²) in [6.07, 6.45) is 4.36. The molecule has 2 aliphatic heterocycles. The Morgan fingerprint density at radius 3 is 2.71 bits per heavy atom. The summed E-state index contributed by atoms with van der Waals surface area (Å²) < 4.78 is 0. The van der Waals surface area contributed by atoms with Crippen molar-refractivity contribution in [2.24, 2.45) is 5.92 Å². The number of piperidine rings is 1. The van der Waals surface area contributed by atoms with Crippen molar-refractivity contribution in [2.45, 2.75) is 51.6 Å². The van der Waals surface area contributed by atoms with Crippen LogP contribution in [0.3, 0.4) is 0 Å². The van der Waals surface area contributed by atoms with E-state index in [1.54, 1.807) is 0 Å². The number of rotatable bonds is 0. The van der Waals surface area contributed by atoms with Gasteiger partial charge in [0.15, 0.2) is 0 Å². The van der Waals surface area contributed by atoms with Gasteiger partial charge in [0, 0.05) is 17.3 Å². The van der Waals surface area contributed by atoms with Gasteiger partial charge in [0.1, 0.15) is 0 Å². The first-order valence-corrected chi connectivity index (χ1v) is 7.09. The third-order valence-electron chi connectivity index (χ3n) is 3.70. The molecule has 0 radical (unpaired) electrons. The SMILES string of the molecule is CC(C)(C)N1CCCC2CCSCC21. The zero-order chi connectivity index (χ0) is 10.2. The van der Waals surface area contributed by atoms with Crippen molar-refractivity contribution in [3.63, 3.8) is 0 Å². The van der Waals surface area contributed by atoms with Crippen LogP contribution in [0.25, 0.3) is 0 Å². The standard InChI is InChI=1S/C12H23NS/c1-12(2,3)13-7-4-5-10-6-8-14-9-11(10)13/h10-11H,4-9H2,1-3H3. The molecule has 2 aliphatic rings. The lowest BCUT2D eigenvalue weighted by molar-refractivity contribution is 0.0246. The first kappa shape index (κ1) is 10.8. The normalized spacial score (nSPS) is 35.4. The smallest absolute Gasteiger partial charge is 0.0220 e. The third-order valence-corrected chi connectivity index (χ3v) is 4.80. The van der Waals surface area contributed by atoms with E-state index < -0.39 is 0 Å². The Morgan fingerprint density at radius 1 is 1.21 bits per heavy atom. The van der Waals surface area contributed by atoms with E-state index in [0.29, 0.717) is 5.54 Å². The Morgan fingerprint density at radius 2 is 2.00 bits per heavy atom. The van der Waals surface area contributed by atoms with E-state index in [-0.39, 0.29) is 0 Å². The maximum atomic E-state index is 2.76. The van der Waals surface area contributed by atoms with Crippen molar-refractivity contribution in [2.75, 3.05) is 18.1 Å². The Balaban J connectivity index is 2.09. The van der Waals surface area contributed by atoms with Crippen LogP contribution in [0.4, 0.5) is 0 Å². The van der Waals surface area contributed by atoms with Crippen LogP contribution >= 0.6 is 11.8 Å².